The summed E-state index contributed by atoms with van der Waals surface area (Å²) >= 11 is 2.36. The van der Waals surface area contributed by atoms with Crippen molar-refractivity contribution in [2.24, 2.45) is 5.41 Å². The smallest absolute Gasteiger partial charge is 0.313 e. The number of anilines is 1. The molecule has 2 N–H and O–H groups in total. The zero-order valence-electron chi connectivity index (χ0n) is 17.4. The fraction of sp³-hybridized carbons (Fsp3) is 0.529. The van der Waals surface area contributed by atoms with Gasteiger partial charge in [0.1, 0.15) is 22.6 Å². The Balaban J connectivity index is 1.57. The van der Waals surface area contributed by atoms with Crippen molar-refractivity contribution in [2.45, 2.75) is 28.7 Å². The second-order valence-electron chi connectivity index (χ2n) is 7.81. The Bertz CT molecular complexity index is 1160. The van der Waals surface area contributed by atoms with Gasteiger partial charge >= 0.3 is 5.97 Å². The SMILES string of the molecule is CC(Sc1nn[nH]n1)C1(C(=O)O)CS[C@@H]2C(N(C(=O)CS(C)(=O)=O)c3ccco3)C(=O)N2C1. The van der Waals surface area contributed by atoms with Crippen LogP contribution in [-0.2, 0) is 24.2 Å². The van der Waals surface area contributed by atoms with E-state index in [2.05, 4.69) is 20.6 Å². The normalized spacial score (nSPS) is 25.8. The second-order valence-corrected chi connectivity index (χ2v) is 12.4. The summed E-state index contributed by atoms with van der Waals surface area (Å²) in [7, 11) is -3.65. The lowest BCUT2D eigenvalue weighted by Crippen LogP contribution is -2.75. The Morgan fingerprint density at radius 3 is 2.85 bits per heavy atom. The Morgan fingerprint density at radius 2 is 2.27 bits per heavy atom. The molecule has 2 fully saturated rings. The topological polar surface area (TPSA) is 180 Å². The van der Waals surface area contributed by atoms with Gasteiger partial charge in [-0.25, -0.2) is 8.42 Å². The number of carboxylic acids is 1. The summed E-state index contributed by atoms with van der Waals surface area (Å²) < 4.78 is 28.7. The molecule has 16 heteroatoms. The summed E-state index contributed by atoms with van der Waals surface area (Å²) in [6.07, 6.45) is 2.25. The highest BCUT2D eigenvalue weighted by Crippen LogP contribution is 2.49. The summed E-state index contributed by atoms with van der Waals surface area (Å²) in [4.78, 5) is 40.7. The molecule has 0 aromatic carbocycles. The lowest BCUT2D eigenvalue weighted by atomic mass is 9.84. The van der Waals surface area contributed by atoms with Crippen molar-refractivity contribution in [3.05, 3.63) is 18.4 Å². The summed E-state index contributed by atoms with van der Waals surface area (Å²) in [6.45, 7) is 1.65. The number of carboxylic acid groups (broad SMARTS) is 1. The van der Waals surface area contributed by atoms with Crippen LogP contribution in [0.15, 0.2) is 28.0 Å². The molecule has 2 amide bonds. The van der Waals surface area contributed by atoms with Crippen LogP contribution in [0.3, 0.4) is 0 Å². The minimum absolute atomic E-state index is 0.0540. The van der Waals surface area contributed by atoms with E-state index in [9.17, 15) is 27.9 Å². The van der Waals surface area contributed by atoms with Crippen molar-refractivity contribution in [1.29, 1.82) is 0 Å². The number of β-lactam (4-membered cyclic amide) rings is 1. The lowest BCUT2D eigenvalue weighted by molar-refractivity contribution is -0.157. The van der Waals surface area contributed by atoms with E-state index in [1.807, 2.05) is 0 Å². The highest BCUT2D eigenvalue weighted by Gasteiger charge is 2.61. The summed E-state index contributed by atoms with van der Waals surface area (Å²) in [5.41, 5.74) is -1.29. The van der Waals surface area contributed by atoms with Crippen LogP contribution in [0.25, 0.3) is 0 Å². The molecular weight excluding hydrogens is 496 g/mol. The van der Waals surface area contributed by atoms with Crippen LogP contribution >= 0.6 is 23.5 Å². The van der Waals surface area contributed by atoms with Gasteiger partial charge in [-0.1, -0.05) is 18.7 Å². The quantitative estimate of drug-likeness (QED) is 0.346. The summed E-state index contributed by atoms with van der Waals surface area (Å²) in [6, 6.07) is 1.99. The average molecular weight is 517 g/mol. The van der Waals surface area contributed by atoms with E-state index < -0.39 is 55.5 Å². The van der Waals surface area contributed by atoms with Gasteiger partial charge in [-0.3, -0.25) is 19.3 Å². The van der Waals surface area contributed by atoms with E-state index in [4.69, 9.17) is 4.42 Å². The first-order valence-corrected chi connectivity index (χ1v) is 13.6. The molecule has 3 unspecified atom stereocenters. The van der Waals surface area contributed by atoms with Gasteiger partial charge < -0.3 is 14.4 Å². The molecule has 0 bridgehead atoms. The molecule has 13 nitrogen and oxygen atoms in total. The van der Waals surface area contributed by atoms with Crippen LogP contribution in [0.5, 0.6) is 0 Å². The molecule has 2 aliphatic rings. The molecule has 4 atom stereocenters. The van der Waals surface area contributed by atoms with Crippen LogP contribution in [0.2, 0.25) is 0 Å². The third-order valence-electron chi connectivity index (χ3n) is 5.57. The van der Waals surface area contributed by atoms with Gasteiger partial charge in [0.15, 0.2) is 9.84 Å². The fourth-order valence-corrected chi connectivity index (χ4v) is 7.20. The van der Waals surface area contributed by atoms with Crippen LogP contribution in [0, 0.1) is 5.41 Å². The molecule has 0 radical (unpaired) electrons. The number of rotatable bonds is 8. The molecule has 2 aromatic rings. The third-order valence-corrected chi connectivity index (χ3v) is 9.06. The second kappa shape index (κ2) is 8.64. The number of furan rings is 1. The van der Waals surface area contributed by atoms with E-state index in [-0.39, 0.29) is 18.2 Å². The molecule has 2 saturated heterocycles. The number of thioether (sulfide) groups is 2. The first kappa shape index (κ1) is 23.6. The Kier molecular flexibility index (Phi) is 6.17. The number of carbonyl (C=O) groups is 3. The van der Waals surface area contributed by atoms with Gasteiger partial charge in [-0.05, 0) is 11.3 Å². The maximum atomic E-state index is 13.1. The summed E-state index contributed by atoms with van der Waals surface area (Å²) in [5.74, 6) is -2.91. The van der Waals surface area contributed by atoms with Gasteiger partial charge in [0.25, 0.3) is 0 Å². The van der Waals surface area contributed by atoms with Crippen molar-refractivity contribution in [1.82, 2.24) is 25.5 Å². The predicted molar refractivity (Wildman–Crippen MR) is 117 cm³/mol. The molecule has 178 valence electrons. The number of H-pyrrole nitrogens is 1. The molecule has 0 saturated carbocycles. The number of sulfone groups is 1. The van der Waals surface area contributed by atoms with Gasteiger partial charge in [-0.15, -0.1) is 22.0 Å². The van der Waals surface area contributed by atoms with E-state index in [1.54, 1.807) is 6.92 Å². The van der Waals surface area contributed by atoms with Crippen molar-refractivity contribution < 1.29 is 32.3 Å². The zero-order valence-corrected chi connectivity index (χ0v) is 19.9. The number of tetrazole rings is 1. The van der Waals surface area contributed by atoms with Crippen molar-refractivity contribution in [3.63, 3.8) is 0 Å². The van der Waals surface area contributed by atoms with Crippen LogP contribution < -0.4 is 4.90 Å². The largest absolute Gasteiger partial charge is 0.481 e. The maximum absolute atomic E-state index is 13.1. The highest BCUT2D eigenvalue weighted by atomic mass is 32.2. The number of aromatic nitrogens is 4. The van der Waals surface area contributed by atoms with Crippen LogP contribution in [0.1, 0.15) is 6.92 Å². The number of nitrogens with zero attached hydrogens (tertiary/aromatic N) is 5. The number of carbonyl (C=O) groups excluding carboxylic acids is 2. The number of nitrogens with one attached hydrogen (secondary N) is 1. The van der Waals surface area contributed by atoms with E-state index in [1.165, 1.54) is 35.1 Å². The van der Waals surface area contributed by atoms with Gasteiger partial charge in [0, 0.05) is 29.9 Å². The Morgan fingerprint density at radius 1 is 1.52 bits per heavy atom. The minimum atomic E-state index is -3.65. The Labute approximate surface area is 196 Å². The molecule has 33 heavy (non-hydrogen) atoms. The lowest BCUT2D eigenvalue weighted by Gasteiger charge is -2.56. The molecule has 2 aliphatic heterocycles. The fourth-order valence-electron chi connectivity index (χ4n) is 3.81. The van der Waals surface area contributed by atoms with E-state index in [0.29, 0.717) is 5.16 Å². The van der Waals surface area contributed by atoms with Gasteiger partial charge in [-0.2, -0.15) is 5.21 Å². The number of aromatic amines is 1. The number of hydrogen-bond acceptors (Lipinski definition) is 11. The molecule has 2 aromatic heterocycles. The number of amides is 2. The molecule has 0 spiro atoms. The van der Waals surface area contributed by atoms with Crippen molar-refractivity contribution in [3.8, 4) is 0 Å². The summed E-state index contributed by atoms with van der Waals surface area (Å²) in [5, 5.41) is 22.8. The van der Waals surface area contributed by atoms with Crippen molar-refractivity contribution >= 4 is 57.0 Å². The standard InChI is InChI=1S/C17H20N6O7S3/c1-9(32-16-18-20-21-19-16)17(15(26)27)7-22-13(25)12(14(22)31-8-17)23(11-4-3-5-30-11)10(24)6-33(2,28)29/h3-5,9,12,14H,6-8H2,1-2H3,(H,26,27)(H,18,19,20,21)/t9?,12?,14-,17?/m1/s1. The monoisotopic (exact) mass is 516 g/mol. The molecule has 4 rings (SSSR count). The molecular formula is C17H20N6O7S3. The Hall–Kier alpha value is -2.59. The predicted octanol–water partition coefficient (Wildman–Crippen LogP) is -0.294. The maximum Gasteiger partial charge on any atom is 0.313 e. The van der Waals surface area contributed by atoms with Gasteiger partial charge in [0.05, 0.1) is 6.26 Å². The number of fused-ring (bicyclic) bond motifs is 1. The third kappa shape index (κ3) is 4.33. The first-order chi connectivity index (χ1) is 15.5. The van der Waals surface area contributed by atoms with Crippen LogP contribution in [-0.4, -0.2) is 97.8 Å². The number of aliphatic carboxylic acids is 1. The van der Waals surface area contributed by atoms with Crippen molar-refractivity contribution in [2.75, 3.05) is 29.2 Å². The highest BCUT2D eigenvalue weighted by molar-refractivity contribution is 8.01. The minimum Gasteiger partial charge on any atom is -0.481 e. The first-order valence-electron chi connectivity index (χ1n) is 9.62. The average Bonchev–Trinajstić information content (AvgIpc) is 3.43. The number of hydrogen-bond donors (Lipinski definition) is 2. The van der Waals surface area contributed by atoms with E-state index >= 15 is 0 Å². The van der Waals surface area contributed by atoms with Gasteiger partial charge in [0.2, 0.25) is 22.9 Å². The van der Waals surface area contributed by atoms with E-state index in [0.717, 1.165) is 22.9 Å². The zero-order chi connectivity index (χ0) is 24.0. The molecule has 0 aliphatic carbocycles. The molecule has 4 heterocycles. The van der Waals surface area contributed by atoms with Crippen LogP contribution in [0.4, 0.5) is 5.88 Å².